The molecule has 3 heteroatoms. The molecule has 0 aliphatic carbocycles. The molecule has 1 aliphatic rings. The van der Waals surface area contributed by atoms with E-state index in [2.05, 4.69) is 60.4 Å². The highest BCUT2D eigenvalue weighted by molar-refractivity contribution is 5.29. The van der Waals surface area contributed by atoms with Crippen LogP contribution in [-0.4, -0.2) is 56.6 Å². The van der Waals surface area contributed by atoms with E-state index in [1.54, 1.807) is 0 Å². The maximum atomic E-state index is 3.46. The van der Waals surface area contributed by atoms with Crippen LogP contribution in [0.5, 0.6) is 0 Å². The molecule has 1 atom stereocenters. The molecule has 1 heterocycles. The van der Waals surface area contributed by atoms with Crippen LogP contribution in [0.15, 0.2) is 24.3 Å². The van der Waals surface area contributed by atoms with Gasteiger partial charge in [-0.1, -0.05) is 24.3 Å². The van der Waals surface area contributed by atoms with Crippen LogP contribution >= 0.6 is 0 Å². The molecular weight excluding hydrogens is 222 g/mol. The molecule has 2 rings (SSSR count). The van der Waals surface area contributed by atoms with E-state index in [-0.39, 0.29) is 0 Å². The van der Waals surface area contributed by atoms with Crippen LogP contribution in [0.3, 0.4) is 0 Å². The van der Waals surface area contributed by atoms with Crippen LogP contribution in [-0.2, 0) is 0 Å². The van der Waals surface area contributed by atoms with E-state index < -0.39 is 0 Å². The minimum absolute atomic E-state index is 0.439. The average Bonchev–Trinajstić information content (AvgIpc) is 2.39. The molecule has 0 spiro atoms. The van der Waals surface area contributed by atoms with Gasteiger partial charge in [-0.05, 0) is 32.1 Å². The lowest BCUT2D eigenvalue weighted by molar-refractivity contribution is 0.143. The molecule has 1 unspecified atom stereocenters. The van der Waals surface area contributed by atoms with Crippen molar-refractivity contribution in [3.05, 3.63) is 35.4 Å². The van der Waals surface area contributed by atoms with Crippen LogP contribution in [0.2, 0.25) is 0 Å². The van der Waals surface area contributed by atoms with Crippen molar-refractivity contribution in [1.82, 2.24) is 15.1 Å². The van der Waals surface area contributed by atoms with Gasteiger partial charge in [-0.15, -0.1) is 0 Å². The first-order valence-electron chi connectivity index (χ1n) is 6.84. The van der Waals surface area contributed by atoms with Gasteiger partial charge < -0.3 is 10.2 Å². The molecule has 0 radical (unpaired) electrons. The van der Waals surface area contributed by atoms with Crippen LogP contribution in [0.4, 0.5) is 0 Å². The second-order valence-corrected chi connectivity index (χ2v) is 5.30. The molecule has 0 aromatic heterocycles. The summed E-state index contributed by atoms with van der Waals surface area (Å²) in [5, 5.41) is 3.46. The molecule has 1 aromatic carbocycles. The monoisotopic (exact) mass is 247 g/mol. The van der Waals surface area contributed by atoms with Gasteiger partial charge in [-0.3, -0.25) is 4.90 Å². The topological polar surface area (TPSA) is 18.5 Å². The second kappa shape index (κ2) is 6.32. The van der Waals surface area contributed by atoms with Gasteiger partial charge in [0.2, 0.25) is 0 Å². The molecule has 1 N–H and O–H groups in total. The SMILES string of the molecule is CNC(CN1CCN(C)CC1)c1ccccc1C. The third kappa shape index (κ3) is 3.31. The summed E-state index contributed by atoms with van der Waals surface area (Å²) in [5.74, 6) is 0. The Balaban J connectivity index is 1.99. The zero-order valence-electron chi connectivity index (χ0n) is 11.8. The molecule has 1 aromatic rings. The lowest BCUT2D eigenvalue weighted by Crippen LogP contribution is -2.47. The van der Waals surface area contributed by atoms with Crippen molar-refractivity contribution in [2.45, 2.75) is 13.0 Å². The van der Waals surface area contributed by atoms with E-state index in [1.165, 1.54) is 37.3 Å². The summed E-state index contributed by atoms with van der Waals surface area (Å²) in [6.45, 7) is 8.04. The number of nitrogens with one attached hydrogen (secondary N) is 1. The highest BCUT2D eigenvalue weighted by Gasteiger charge is 2.19. The van der Waals surface area contributed by atoms with Crippen molar-refractivity contribution in [3.63, 3.8) is 0 Å². The summed E-state index contributed by atoms with van der Waals surface area (Å²) in [7, 11) is 4.27. The lowest BCUT2D eigenvalue weighted by Gasteiger charge is -2.35. The van der Waals surface area contributed by atoms with E-state index in [1.807, 2.05) is 0 Å². The molecule has 1 fully saturated rings. The zero-order chi connectivity index (χ0) is 13.0. The third-order valence-electron chi connectivity index (χ3n) is 3.95. The Hall–Kier alpha value is -0.900. The third-order valence-corrected chi connectivity index (χ3v) is 3.95. The van der Waals surface area contributed by atoms with Crippen molar-refractivity contribution in [3.8, 4) is 0 Å². The number of hydrogen-bond acceptors (Lipinski definition) is 3. The predicted molar refractivity (Wildman–Crippen MR) is 76.9 cm³/mol. The summed E-state index contributed by atoms with van der Waals surface area (Å²) in [5.41, 5.74) is 2.81. The Morgan fingerprint density at radius 3 is 2.44 bits per heavy atom. The van der Waals surface area contributed by atoms with Gasteiger partial charge in [0.25, 0.3) is 0 Å². The summed E-state index contributed by atoms with van der Waals surface area (Å²) in [4.78, 5) is 4.96. The van der Waals surface area contributed by atoms with Crippen LogP contribution in [0.25, 0.3) is 0 Å². The summed E-state index contributed by atoms with van der Waals surface area (Å²) in [6, 6.07) is 9.13. The molecule has 0 saturated carbocycles. The smallest absolute Gasteiger partial charge is 0.0449 e. The summed E-state index contributed by atoms with van der Waals surface area (Å²) < 4.78 is 0. The molecule has 0 amide bonds. The Labute approximate surface area is 111 Å². The number of nitrogens with zero attached hydrogens (tertiary/aromatic N) is 2. The summed E-state index contributed by atoms with van der Waals surface area (Å²) in [6.07, 6.45) is 0. The largest absolute Gasteiger partial charge is 0.312 e. The van der Waals surface area contributed by atoms with Gasteiger partial charge in [-0.2, -0.15) is 0 Å². The molecular formula is C15H25N3. The molecule has 1 aliphatic heterocycles. The van der Waals surface area contributed by atoms with Gasteiger partial charge in [0.1, 0.15) is 0 Å². The van der Waals surface area contributed by atoms with Crippen molar-refractivity contribution >= 4 is 0 Å². The first-order valence-corrected chi connectivity index (χ1v) is 6.84. The standard InChI is InChI=1S/C15H25N3/c1-13-6-4-5-7-14(13)15(16-2)12-18-10-8-17(3)9-11-18/h4-7,15-16H,8-12H2,1-3H3. The lowest BCUT2D eigenvalue weighted by atomic mass is 10.0. The quantitative estimate of drug-likeness (QED) is 0.870. The van der Waals surface area contributed by atoms with Gasteiger partial charge in [0, 0.05) is 38.8 Å². The van der Waals surface area contributed by atoms with E-state index in [4.69, 9.17) is 0 Å². The molecule has 0 bridgehead atoms. The second-order valence-electron chi connectivity index (χ2n) is 5.30. The van der Waals surface area contributed by atoms with E-state index in [0.717, 1.165) is 6.54 Å². The van der Waals surface area contributed by atoms with Gasteiger partial charge >= 0.3 is 0 Å². The minimum atomic E-state index is 0.439. The van der Waals surface area contributed by atoms with Crippen LogP contribution < -0.4 is 5.32 Å². The van der Waals surface area contributed by atoms with Crippen molar-refractivity contribution in [1.29, 1.82) is 0 Å². The van der Waals surface area contributed by atoms with Crippen LogP contribution in [0, 0.1) is 6.92 Å². The molecule has 100 valence electrons. The van der Waals surface area contributed by atoms with Crippen molar-refractivity contribution < 1.29 is 0 Å². The molecule has 1 saturated heterocycles. The zero-order valence-corrected chi connectivity index (χ0v) is 11.8. The molecule has 3 nitrogen and oxygen atoms in total. The fraction of sp³-hybridized carbons (Fsp3) is 0.600. The fourth-order valence-corrected chi connectivity index (χ4v) is 2.61. The number of likely N-dealkylation sites (N-methyl/N-ethyl adjacent to an activating group) is 2. The number of piperazine rings is 1. The number of aryl methyl sites for hydroxylation is 1. The maximum Gasteiger partial charge on any atom is 0.0449 e. The number of benzene rings is 1. The Bertz CT molecular complexity index is 370. The number of hydrogen-bond donors (Lipinski definition) is 1. The van der Waals surface area contributed by atoms with Gasteiger partial charge in [0.15, 0.2) is 0 Å². The van der Waals surface area contributed by atoms with Crippen molar-refractivity contribution in [2.24, 2.45) is 0 Å². The normalized spacial score (nSPS) is 19.9. The van der Waals surface area contributed by atoms with Crippen molar-refractivity contribution in [2.75, 3.05) is 46.8 Å². The highest BCUT2D eigenvalue weighted by atomic mass is 15.3. The average molecular weight is 247 g/mol. The highest BCUT2D eigenvalue weighted by Crippen LogP contribution is 2.18. The maximum absolute atomic E-state index is 3.46. The molecule has 18 heavy (non-hydrogen) atoms. The minimum Gasteiger partial charge on any atom is -0.312 e. The summed E-state index contributed by atoms with van der Waals surface area (Å²) >= 11 is 0. The van der Waals surface area contributed by atoms with E-state index in [9.17, 15) is 0 Å². The Kier molecular flexibility index (Phi) is 4.75. The van der Waals surface area contributed by atoms with E-state index in [0.29, 0.717) is 6.04 Å². The Morgan fingerprint density at radius 2 is 1.83 bits per heavy atom. The Morgan fingerprint density at radius 1 is 1.17 bits per heavy atom. The first kappa shape index (κ1) is 13.5. The van der Waals surface area contributed by atoms with E-state index >= 15 is 0 Å². The van der Waals surface area contributed by atoms with Gasteiger partial charge in [0.05, 0.1) is 0 Å². The van der Waals surface area contributed by atoms with Crippen LogP contribution in [0.1, 0.15) is 17.2 Å². The first-order chi connectivity index (χ1) is 8.70. The predicted octanol–water partition coefficient (Wildman–Crippen LogP) is 1.50. The van der Waals surface area contributed by atoms with Gasteiger partial charge in [-0.25, -0.2) is 0 Å². The number of rotatable bonds is 4. The fourth-order valence-electron chi connectivity index (χ4n) is 2.61.